The van der Waals surface area contributed by atoms with Crippen molar-refractivity contribution in [3.8, 4) is 22.6 Å². The van der Waals surface area contributed by atoms with Crippen LogP contribution in [0.5, 0.6) is 11.5 Å². The van der Waals surface area contributed by atoms with Crippen LogP contribution in [0.2, 0.25) is 0 Å². The van der Waals surface area contributed by atoms with Gasteiger partial charge in [-0.1, -0.05) is 64.1 Å². The van der Waals surface area contributed by atoms with Crippen molar-refractivity contribution in [2.24, 2.45) is 0 Å². The van der Waals surface area contributed by atoms with Crippen molar-refractivity contribution >= 4 is 5.97 Å². The van der Waals surface area contributed by atoms with E-state index >= 15 is 0 Å². The average molecular weight is 505 g/mol. The van der Waals surface area contributed by atoms with Gasteiger partial charge in [-0.2, -0.15) is 0 Å². The Hall–Kier alpha value is -3.60. The van der Waals surface area contributed by atoms with E-state index in [2.05, 4.69) is 33.8 Å². The van der Waals surface area contributed by atoms with Crippen LogP contribution in [0.25, 0.3) is 11.1 Å². The maximum absolute atomic E-state index is 14.9. The number of benzene rings is 3. The van der Waals surface area contributed by atoms with E-state index in [0.29, 0.717) is 23.7 Å². The number of rotatable bonds is 10. The summed E-state index contributed by atoms with van der Waals surface area (Å²) in [6.45, 7) is 8.74. The number of allylic oxidation sites excluding steroid dienone is 2. The summed E-state index contributed by atoms with van der Waals surface area (Å²) in [6.07, 6.45) is 5.29. The highest BCUT2D eigenvalue weighted by Crippen LogP contribution is 2.37. The molecule has 5 heteroatoms. The fourth-order valence-corrected chi connectivity index (χ4v) is 4.23. The Balaban J connectivity index is 1.83. The lowest BCUT2D eigenvalue weighted by Gasteiger charge is -2.24. The van der Waals surface area contributed by atoms with E-state index < -0.39 is 0 Å². The standard InChI is InChI=1S/C32H37FO4/c1-7-8-9-24(19-31(34)36-6)23-11-13-25(14-12-23)37-21-22-10-16-29(32(2,3)4)27(18-22)28-20-26(35-5)15-17-30(28)33/h8-18,20,24H,7,19,21H2,1-6H3/b9-8-/t24-/m0/s1. The van der Waals surface area contributed by atoms with Crippen molar-refractivity contribution in [2.45, 2.75) is 58.5 Å². The van der Waals surface area contributed by atoms with Crippen LogP contribution in [-0.2, 0) is 21.6 Å². The SMILES string of the molecule is CC/C=C\[C@@H](CC(=O)OC)c1ccc(OCc2ccc(C(C)(C)C)c(-c3cc(OC)ccc3F)c2)cc1. The molecule has 0 fully saturated rings. The molecule has 4 nitrogen and oxygen atoms in total. The minimum Gasteiger partial charge on any atom is -0.497 e. The first-order valence-electron chi connectivity index (χ1n) is 12.6. The van der Waals surface area contributed by atoms with Crippen LogP contribution >= 0.6 is 0 Å². The molecule has 0 aliphatic heterocycles. The van der Waals surface area contributed by atoms with Crippen LogP contribution in [0, 0.1) is 5.82 Å². The summed E-state index contributed by atoms with van der Waals surface area (Å²) < 4.78 is 31.2. The van der Waals surface area contributed by atoms with E-state index in [-0.39, 0.29) is 29.5 Å². The van der Waals surface area contributed by atoms with Gasteiger partial charge in [-0.3, -0.25) is 4.79 Å². The molecule has 0 N–H and O–H groups in total. The van der Waals surface area contributed by atoms with Crippen molar-refractivity contribution in [1.82, 2.24) is 0 Å². The fourth-order valence-electron chi connectivity index (χ4n) is 4.23. The van der Waals surface area contributed by atoms with Gasteiger partial charge in [0.25, 0.3) is 0 Å². The lowest BCUT2D eigenvalue weighted by molar-refractivity contribution is -0.140. The summed E-state index contributed by atoms with van der Waals surface area (Å²) in [6, 6.07) is 18.6. The van der Waals surface area contributed by atoms with Gasteiger partial charge in [0.2, 0.25) is 0 Å². The van der Waals surface area contributed by atoms with E-state index in [1.165, 1.54) is 13.2 Å². The summed E-state index contributed by atoms with van der Waals surface area (Å²) in [4.78, 5) is 11.8. The number of carbonyl (C=O) groups is 1. The molecule has 0 saturated heterocycles. The van der Waals surface area contributed by atoms with E-state index in [1.807, 2.05) is 48.5 Å². The van der Waals surface area contributed by atoms with Gasteiger partial charge in [-0.25, -0.2) is 4.39 Å². The second kappa shape index (κ2) is 12.6. The zero-order valence-electron chi connectivity index (χ0n) is 22.6. The summed E-state index contributed by atoms with van der Waals surface area (Å²) >= 11 is 0. The third-order valence-corrected chi connectivity index (χ3v) is 6.29. The minimum absolute atomic E-state index is 0.0493. The Morgan fingerprint density at radius 3 is 2.27 bits per heavy atom. The van der Waals surface area contributed by atoms with Gasteiger partial charge in [0, 0.05) is 11.5 Å². The molecule has 0 aliphatic rings. The van der Waals surface area contributed by atoms with Gasteiger partial charge in [0.1, 0.15) is 23.9 Å². The Bertz CT molecular complexity index is 1220. The van der Waals surface area contributed by atoms with Crippen LogP contribution in [0.4, 0.5) is 4.39 Å². The van der Waals surface area contributed by atoms with Crippen LogP contribution in [0.1, 0.15) is 63.1 Å². The third-order valence-electron chi connectivity index (χ3n) is 6.29. The molecule has 3 rings (SSSR count). The highest BCUT2D eigenvalue weighted by Gasteiger charge is 2.21. The minimum atomic E-state index is -0.293. The molecule has 0 amide bonds. The fraction of sp³-hybridized carbons (Fsp3) is 0.344. The van der Waals surface area contributed by atoms with Crippen LogP contribution in [0.3, 0.4) is 0 Å². The number of hydrogen-bond donors (Lipinski definition) is 0. The smallest absolute Gasteiger partial charge is 0.306 e. The molecular weight excluding hydrogens is 467 g/mol. The highest BCUT2D eigenvalue weighted by molar-refractivity contribution is 5.72. The summed E-state index contributed by atoms with van der Waals surface area (Å²) in [5, 5.41) is 0. The number of methoxy groups -OCH3 is 2. The topological polar surface area (TPSA) is 44.8 Å². The number of halogens is 1. The quantitative estimate of drug-likeness (QED) is 0.207. The van der Waals surface area contributed by atoms with Gasteiger partial charge in [0.15, 0.2) is 0 Å². The molecular formula is C32H37FO4. The predicted octanol–water partition coefficient (Wildman–Crippen LogP) is 7.99. The van der Waals surface area contributed by atoms with Crippen molar-refractivity contribution in [1.29, 1.82) is 0 Å². The van der Waals surface area contributed by atoms with Crippen LogP contribution in [-0.4, -0.2) is 20.2 Å². The molecule has 0 bridgehead atoms. The van der Waals surface area contributed by atoms with Gasteiger partial charge in [-0.15, -0.1) is 0 Å². The zero-order valence-corrected chi connectivity index (χ0v) is 22.6. The summed E-state index contributed by atoms with van der Waals surface area (Å²) in [5.74, 6) is 0.740. The van der Waals surface area contributed by atoms with Gasteiger partial charge >= 0.3 is 5.97 Å². The Morgan fingerprint density at radius 2 is 1.65 bits per heavy atom. The number of hydrogen-bond acceptors (Lipinski definition) is 4. The number of esters is 1. The maximum Gasteiger partial charge on any atom is 0.306 e. The molecule has 0 heterocycles. The van der Waals surface area contributed by atoms with E-state index in [4.69, 9.17) is 14.2 Å². The van der Waals surface area contributed by atoms with Gasteiger partial charge < -0.3 is 14.2 Å². The first-order valence-corrected chi connectivity index (χ1v) is 12.6. The van der Waals surface area contributed by atoms with Crippen molar-refractivity contribution in [3.63, 3.8) is 0 Å². The summed E-state index contributed by atoms with van der Waals surface area (Å²) in [7, 11) is 2.98. The monoisotopic (exact) mass is 504 g/mol. The van der Waals surface area contributed by atoms with Crippen LogP contribution < -0.4 is 9.47 Å². The van der Waals surface area contributed by atoms with Crippen molar-refractivity contribution in [2.75, 3.05) is 14.2 Å². The molecule has 3 aromatic carbocycles. The first-order chi connectivity index (χ1) is 17.7. The largest absolute Gasteiger partial charge is 0.497 e. The lowest BCUT2D eigenvalue weighted by atomic mass is 9.81. The molecule has 0 spiro atoms. The molecule has 1 atom stereocenters. The molecule has 0 unspecified atom stereocenters. The first kappa shape index (κ1) is 28.0. The van der Waals surface area contributed by atoms with Crippen LogP contribution in [0.15, 0.2) is 72.8 Å². The number of carbonyl (C=O) groups excluding carboxylic acids is 1. The maximum atomic E-state index is 14.9. The van der Waals surface area contributed by atoms with Crippen molar-refractivity contribution in [3.05, 3.63) is 95.3 Å². The van der Waals surface area contributed by atoms with Gasteiger partial charge in [0.05, 0.1) is 20.6 Å². The van der Waals surface area contributed by atoms with E-state index in [1.54, 1.807) is 19.2 Å². The molecule has 3 aromatic rings. The zero-order chi connectivity index (χ0) is 27.0. The molecule has 0 aromatic heterocycles. The van der Waals surface area contributed by atoms with Crippen molar-refractivity contribution < 1.29 is 23.4 Å². The molecule has 196 valence electrons. The highest BCUT2D eigenvalue weighted by atomic mass is 19.1. The Morgan fingerprint density at radius 1 is 0.946 bits per heavy atom. The summed E-state index contributed by atoms with van der Waals surface area (Å²) in [5.41, 5.74) is 4.16. The molecule has 0 saturated carbocycles. The third kappa shape index (κ3) is 7.45. The lowest BCUT2D eigenvalue weighted by Crippen LogP contribution is -2.13. The molecule has 0 aliphatic carbocycles. The Labute approximate surface area is 220 Å². The normalized spacial score (nSPS) is 12.4. The molecule has 0 radical (unpaired) electrons. The molecule has 37 heavy (non-hydrogen) atoms. The second-order valence-corrected chi connectivity index (χ2v) is 10.1. The average Bonchev–Trinajstić information content (AvgIpc) is 2.89. The van der Waals surface area contributed by atoms with E-state index in [9.17, 15) is 9.18 Å². The van der Waals surface area contributed by atoms with E-state index in [0.717, 1.165) is 28.7 Å². The Kier molecular flexibility index (Phi) is 9.51. The number of ether oxygens (including phenoxy) is 3. The van der Waals surface area contributed by atoms with Gasteiger partial charge in [-0.05, 0) is 70.5 Å². The second-order valence-electron chi connectivity index (χ2n) is 10.1. The predicted molar refractivity (Wildman–Crippen MR) is 147 cm³/mol.